The fraction of sp³-hybridized carbons (Fsp3) is 0.492. The molecule has 3 aliphatic rings. The zero-order valence-corrected chi connectivity index (χ0v) is 49.1. The molecule has 2 aromatic heterocycles. The van der Waals surface area contributed by atoms with E-state index in [1.54, 1.807) is 65.0 Å². The number of Topliss-reactive ketones (excluding diaryl/α,β-unsaturated/α-hetero) is 3. The van der Waals surface area contributed by atoms with Gasteiger partial charge in [-0.25, -0.2) is 4.98 Å². The molecule has 0 spiro atoms. The van der Waals surface area contributed by atoms with Crippen LogP contribution in [0.15, 0.2) is 72.0 Å². The van der Waals surface area contributed by atoms with E-state index in [0.717, 1.165) is 27.8 Å². The standard InChI is InChI=1S/C61H76N8O13S/c1-38(2)47(31-46(71)18-24-80-26-25-79-21-8-11-45(70)17-20-68-56(74)33-53(83-7)60(68)77)61(78)82-23-10-19-62-58(75)50-30-43(36-66(50)5)42-15-13-41(14-16-42)29-51(72)57-65-54(37-67(57)6)64-55(73)12-9-22-81-52-32-49-48(28-40(52)4)59(76)69-35-39(3)27-44(69)34-63-49/h13-16,28,30,32,34,36-38,44,47,53H,3,8-12,17-27,29,31,33,35H2,1-2,4-7H3,(H,62,75)(H,64,73)/t44-,47-,53?/m0/s1. The molecule has 4 aromatic rings. The van der Waals surface area contributed by atoms with E-state index in [-0.39, 0.29) is 167 Å². The molecule has 22 heteroatoms. The highest BCUT2D eigenvalue weighted by molar-refractivity contribution is 8.00. The van der Waals surface area contributed by atoms with Crippen molar-refractivity contribution < 1.29 is 62.1 Å². The minimum Gasteiger partial charge on any atom is -0.493 e. The number of thioether (sulfide) groups is 1. The van der Waals surface area contributed by atoms with Gasteiger partial charge in [0.1, 0.15) is 23.0 Å². The number of nitrogens with zero attached hydrogens (tertiary/aromatic N) is 6. The first kappa shape index (κ1) is 63.0. The molecular formula is C61H76N8O13S. The molecule has 3 atom stereocenters. The molecule has 2 aromatic carbocycles. The lowest BCUT2D eigenvalue weighted by Gasteiger charge is -2.20. The average Bonchev–Trinajstić information content (AvgIpc) is 3.95. The fourth-order valence-electron chi connectivity index (χ4n) is 9.95. The third kappa shape index (κ3) is 17.5. The monoisotopic (exact) mass is 1160 g/mol. The summed E-state index contributed by atoms with van der Waals surface area (Å²) in [6, 6.07) is 12.7. The van der Waals surface area contributed by atoms with E-state index in [4.69, 9.17) is 18.9 Å². The lowest BCUT2D eigenvalue weighted by atomic mass is 9.90. The van der Waals surface area contributed by atoms with E-state index in [1.807, 2.05) is 51.2 Å². The zero-order valence-electron chi connectivity index (χ0n) is 48.3. The molecule has 0 aliphatic carbocycles. The van der Waals surface area contributed by atoms with Gasteiger partial charge >= 0.3 is 5.97 Å². The zero-order chi connectivity index (χ0) is 59.7. The van der Waals surface area contributed by atoms with Crippen LogP contribution in [-0.2, 0) is 63.5 Å². The Balaban J connectivity index is 0.741. The van der Waals surface area contributed by atoms with Crippen LogP contribution in [-0.4, -0.2) is 160 Å². The van der Waals surface area contributed by atoms with Crippen molar-refractivity contribution in [2.24, 2.45) is 30.9 Å². The van der Waals surface area contributed by atoms with Gasteiger partial charge in [-0.15, -0.1) is 0 Å². The van der Waals surface area contributed by atoms with Crippen LogP contribution in [0.3, 0.4) is 0 Å². The molecule has 2 N–H and O–H groups in total. The van der Waals surface area contributed by atoms with Crippen molar-refractivity contribution in [1.29, 1.82) is 0 Å². The Morgan fingerprint density at radius 3 is 2.30 bits per heavy atom. The predicted octanol–water partition coefficient (Wildman–Crippen LogP) is 6.99. The molecule has 0 radical (unpaired) electrons. The molecule has 444 valence electrons. The number of aliphatic imine (C=N–C) groups is 1. The van der Waals surface area contributed by atoms with Crippen molar-refractivity contribution in [3.8, 4) is 16.9 Å². The molecule has 2 fully saturated rings. The number of esters is 1. The molecule has 3 aliphatic heterocycles. The highest BCUT2D eigenvalue weighted by Crippen LogP contribution is 2.35. The summed E-state index contributed by atoms with van der Waals surface area (Å²) in [5.41, 5.74) is 5.69. The Bertz CT molecular complexity index is 3090. The predicted molar refractivity (Wildman–Crippen MR) is 313 cm³/mol. The maximum absolute atomic E-state index is 13.4. The number of ketones is 3. The quantitative estimate of drug-likeness (QED) is 0.0160. The molecule has 1 unspecified atom stereocenters. The number of hydrogen-bond donors (Lipinski definition) is 2. The molecule has 21 nitrogen and oxygen atoms in total. The normalized spacial score (nSPS) is 16.0. The fourth-order valence-corrected chi connectivity index (χ4v) is 10.6. The second-order valence-corrected chi connectivity index (χ2v) is 22.5. The minimum absolute atomic E-state index is 0.0175. The van der Waals surface area contributed by atoms with Crippen LogP contribution in [0, 0.1) is 18.8 Å². The third-order valence-corrected chi connectivity index (χ3v) is 15.6. The summed E-state index contributed by atoms with van der Waals surface area (Å²) in [7, 11) is 3.46. The Morgan fingerprint density at radius 2 is 1.57 bits per heavy atom. The van der Waals surface area contributed by atoms with Crippen LogP contribution in [0.2, 0.25) is 0 Å². The number of likely N-dealkylation sites (tertiary alicyclic amines) is 1. The summed E-state index contributed by atoms with van der Waals surface area (Å²) < 4.78 is 25.9. The van der Waals surface area contributed by atoms with Crippen molar-refractivity contribution in [3.63, 3.8) is 0 Å². The summed E-state index contributed by atoms with van der Waals surface area (Å²) >= 11 is 1.34. The molecule has 83 heavy (non-hydrogen) atoms. The van der Waals surface area contributed by atoms with Gasteiger partial charge in [-0.3, -0.25) is 53.0 Å². The lowest BCUT2D eigenvalue weighted by Crippen LogP contribution is -2.35. The Morgan fingerprint density at radius 1 is 0.819 bits per heavy atom. The number of amides is 5. The highest BCUT2D eigenvalue weighted by atomic mass is 32.2. The number of hydrogen-bond acceptors (Lipinski definition) is 16. The van der Waals surface area contributed by atoms with Crippen LogP contribution < -0.4 is 15.4 Å². The van der Waals surface area contributed by atoms with Crippen LogP contribution >= 0.6 is 11.8 Å². The van der Waals surface area contributed by atoms with Gasteiger partial charge in [-0.05, 0) is 73.6 Å². The molecule has 0 bridgehead atoms. The number of anilines is 1. The maximum Gasteiger partial charge on any atom is 0.309 e. The van der Waals surface area contributed by atoms with Gasteiger partial charge in [0.25, 0.3) is 11.8 Å². The van der Waals surface area contributed by atoms with E-state index < -0.39 is 11.9 Å². The summed E-state index contributed by atoms with van der Waals surface area (Å²) in [5, 5.41) is 5.30. The van der Waals surface area contributed by atoms with Gasteiger partial charge in [0.2, 0.25) is 23.5 Å². The number of benzene rings is 2. The van der Waals surface area contributed by atoms with Gasteiger partial charge in [-0.2, -0.15) is 11.8 Å². The van der Waals surface area contributed by atoms with Gasteiger partial charge in [0.05, 0.1) is 61.5 Å². The number of carbonyl (C=O) groups is 9. The number of ether oxygens (including phenoxy) is 4. The van der Waals surface area contributed by atoms with Crippen LogP contribution in [0.25, 0.3) is 11.1 Å². The van der Waals surface area contributed by atoms with Crippen molar-refractivity contribution in [1.82, 2.24) is 29.2 Å². The molecule has 5 amide bonds. The number of aryl methyl sites for hydroxylation is 3. The minimum atomic E-state index is -0.626. The summed E-state index contributed by atoms with van der Waals surface area (Å²) in [6.45, 7) is 11.9. The molecular weight excluding hydrogens is 1080 g/mol. The number of fused-ring (bicyclic) bond motifs is 2. The maximum atomic E-state index is 13.4. The van der Waals surface area contributed by atoms with Crippen LogP contribution in [0.5, 0.6) is 5.75 Å². The number of imidazole rings is 1. The Kier molecular flexibility index (Phi) is 22.9. The van der Waals surface area contributed by atoms with Gasteiger partial charge in [0.15, 0.2) is 11.6 Å². The number of imide groups is 1. The second-order valence-electron chi connectivity index (χ2n) is 21.5. The largest absolute Gasteiger partial charge is 0.493 e. The first-order chi connectivity index (χ1) is 39.8. The topological polar surface area (TPSA) is 256 Å². The number of carbonyl (C=O) groups excluding carboxylic acids is 9. The highest BCUT2D eigenvalue weighted by Gasteiger charge is 2.38. The first-order valence-electron chi connectivity index (χ1n) is 28.2. The van der Waals surface area contributed by atoms with Gasteiger partial charge < -0.3 is 43.6 Å². The van der Waals surface area contributed by atoms with Gasteiger partial charge in [-0.1, -0.05) is 50.3 Å². The number of rotatable bonds is 33. The third-order valence-electron chi connectivity index (χ3n) is 14.7. The van der Waals surface area contributed by atoms with Crippen molar-refractivity contribution in [2.75, 3.05) is 70.8 Å². The van der Waals surface area contributed by atoms with Crippen LogP contribution in [0.1, 0.15) is 121 Å². The van der Waals surface area contributed by atoms with E-state index in [2.05, 4.69) is 27.2 Å². The molecule has 2 saturated heterocycles. The van der Waals surface area contributed by atoms with Crippen molar-refractivity contribution >= 4 is 82.3 Å². The Hall–Kier alpha value is -7.56. The summed E-state index contributed by atoms with van der Waals surface area (Å²) in [6.07, 6.45) is 9.94. The second kappa shape index (κ2) is 30.1. The SMILES string of the molecule is C=C1C[C@H]2C=Nc3cc(OCCCC(=O)Nc4cn(C)c(C(=O)Cc5ccc(-c6cc(C(=O)NCCCOC(=O)[C@@H](CC(=O)CCOCCOCCCC(=O)CCN7C(=O)CC(SC)C7=O)C(C)C)n(C)c6)cc5)n4)c(C)cc3C(=O)N2C1. The summed E-state index contributed by atoms with van der Waals surface area (Å²) in [4.78, 5) is 127. The summed E-state index contributed by atoms with van der Waals surface area (Å²) in [5.74, 6) is -1.72. The smallest absolute Gasteiger partial charge is 0.309 e. The Labute approximate surface area is 488 Å². The van der Waals surface area contributed by atoms with Gasteiger partial charge in [0, 0.05) is 116 Å². The lowest BCUT2D eigenvalue weighted by molar-refractivity contribution is -0.152. The number of aromatic nitrogens is 3. The van der Waals surface area contributed by atoms with Crippen molar-refractivity contribution in [2.45, 2.75) is 103 Å². The first-order valence-corrected chi connectivity index (χ1v) is 29.5. The van der Waals surface area contributed by atoms with E-state index >= 15 is 0 Å². The van der Waals surface area contributed by atoms with Crippen molar-refractivity contribution in [3.05, 3.63) is 95.2 Å². The molecule has 5 heterocycles. The molecule has 0 saturated carbocycles. The average molecular weight is 1160 g/mol. The molecule has 7 rings (SSSR count). The van der Waals surface area contributed by atoms with Crippen LogP contribution in [0.4, 0.5) is 11.5 Å². The van der Waals surface area contributed by atoms with E-state index in [9.17, 15) is 43.2 Å². The van der Waals surface area contributed by atoms with E-state index in [0.29, 0.717) is 61.5 Å². The van der Waals surface area contributed by atoms with E-state index in [1.165, 1.54) is 16.7 Å². The number of nitrogens with one attached hydrogen (secondary N) is 2.